The van der Waals surface area contributed by atoms with Crippen LogP contribution in [0.1, 0.15) is 0 Å². The average Bonchev–Trinajstić information content (AvgIpc) is 3.71. The molecule has 0 radical (unpaired) electrons. The standard InChI is InChI=1S/C48H32N2/c1-3-13-33(14-4-1)35-25-28-38(29-26-35)49-44-22-9-7-19-41(44)43-32-37(27-30-46(43)49)40-21-12-24-47-48(40)42-20-8-10-23-45(42)50(47)39-18-11-17-36(31-39)34-15-5-2-6-16-34/h1-32H. The molecule has 8 aromatic carbocycles. The van der Waals surface area contributed by atoms with Crippen LogP contribution in [0.25, 0.3) is 88.4 Å². The van der Waals surface area contributed by atoms with Crippen LogP contribution < -0.4 is 0 Å². The summed E-state index contributed by atoms with van der Waals surface area (Å²) < 4.78 is 4.82. The van der Waals surface area contributed by atoms with E-state index in [4.69, 9.17) is 0 Å². The fourth-order valence-electron chi connectivity index (χ4n) is 7.85. The van der Waals surface area contributed by atoms with Gasteiger partial charge in [0, 0.05) is 32.9 Å². The molecule has 0 saturated heterocycles. The lowest BCUT2D eigenvalue weighted by Gasteiger charge is -2.11. The van der Waals surface area contributed by atoms with Crippen molar-refractivity contribution in [2.24, 2.45) is 0 Å². The van der Waals surface area contributed by atoms with Crippen LogP contribution >= 0.6 is 0 Å². The van der Waals surface area contributed by atoms with Gasteiger partial charge in [-0.25, -0.2) is 0 Å². The lowest BCUT2D eigenvalue weighted by atomic mass is 9.98. The van der Waals surface area contributed by atoms with Crippen LogP contribution in [0.4, 0.5) is 0 Å². The maximum atomic E-state index is 2.42. The second-order valence-corrected chi connectivity index (χ2v) is 13.0. The van der Waals surface area contributed by atoms with Gasteiger partial charge in [-0.3, -0.25) is 0 Å². The Bertz CT molecular complexity index is 2840. The predicted octanol–water partition coefficient (Wildman–Crippen LogP) is 12.9. The number of nitrogens with zero attached hydrogens (tertiary/aromatic N) is 2. The highest BCUT2D eigenvalue weighted by Crippen LogP contribution is 2.41. The number of benzene rings is 8. The van der Waals surface area contributed by atoms with Gasteiger partial charge in [-0.05, 0) is 88.0 Å². The highest BCUT2D eigenvalue weighted by molar-refractivity contribution is 6.17. The van der Waals surface area contributed by atoms with E-state index in [1.54, 1.807) is 0 Å². The molecule has 2 nitrogen and oxygen atoms in total. The van der Waals surface area contributed by atoms with Gasteiger partial charge in [-0.2, -0.15) is 0 Å². The van der Waals surface area contributed by atoms with E-state index in [0.29, 0.717) is 0 Å². The molecule has 0 unspecified atom stereocenters. The third kappa shape index (κ3) is 4.50. The Morgan fingerprint density at radius 2 is 0.780 bits per heavy atom. The topological polar surface area (TPSA) is 9.86 Å². The first-order valence-electron chi connectivity index (χ1n) is 17.2. The molecule has 0 atom stereocenters. The van der Waals surface area contributed by atoms with E-state index in [-0.39, 0.29) is 0 Å². The first-order valence-corrected chi connectivity index (χ1v) is 17.2. The van der Waals surface area contributed by atoms with Crippen molar-refractivity contribution in [3.8, 4) is 44.8 Å². The van der Waals surface area contributed by atoms with Crippen LogP contribution in [0, 0.1) is 0 Å². The lowest BCUT2D eigenvalue weighted by molar-refractivity contribution is 1.18. The molecule has 10 aromatic rings. The minimum Gasteiger partial charge on any atom is -0.309 e. The molecule has 0 amide bonds. The van der Waals surface area contributed by atoms with Gasteiger partial charge in [-0.1, -0.05) is 140 Å². The molecule has 0 aliphatic rings. The highest BCUT2D eigenvalue weighted by Gasteiger charge is 2.18. The van der Waals surface area contributed by atoms with E-state index in [1.165, 1.54) is 77.0 Å². The summed E-state index contributed by atoms with van der Waals surface area (Å²) in [5.74, 6) is 0. The molecule has 0 bridgehead atoms. The molecule has 0 N–H and O–H groups in total. The summed E-state index contributed by atoms with van der Waals surface area (Å²) in [4.78, 5) is 0. The largest absolute Gasteiger partial charge is 0.309 e. The monoisotopic (exact) mass is 636 g/mol. The van der Waals surface area contributed by atoms with E-state index in [0.717, 1.165) is 11.4 Å². The normalized spacial score (nSPS) is 11.6. The molecular formula is C48H32N2. The van der Waals surface area contributed by atoms with Crippen molar-refractivity contribution in [1.82, 2.24) is 9.13 Å². The Hall–Kier alpha value is -6.64. The third-order valence-electron chi connectivity index (χ3n) is 10.1. The summed E-state index contributed by atoms with van der Waals surface area (Å²) in [5.41, 5.74) is 14.5. The number of hydrogen-bond acceptors (Lipinski definition) is 0. The quantitative estimate of drug-likeness (QED) is 0.178. The summed E-state index contributed by atoms with van der Waals surface area (Å²) in [6, 6.07) is 70.4. The highest BCUT2D eigenvalue weighted by atomic mass is 15.0. The van der Waals surface area contributed by atoms with Gasteiger partial charge in [0.15, 0.2) is 0 Å². The molecule has 0 spiro atoms. The third-order valence-corrected chi connectivity index (χ3v) is 10.1. The fraction of sp³-hybridized carbons (Fsp3) is 0. The number of hydrogen-bond donors (Lipinski definition) is 0. The fourth-order valence-corrected chi connectivity index (χ4v) is 7.85. The van der Waals surface area contributed by atoms with Crippen molar-refractivity contribution < 1.29 is 0 Å². The Morgan fingerprint density at radius 3 is 1.54 bits per heavy atom. The van der Waals surface area contributed by atoms with Crippen molar-refractivity contribution in [3.63, 3.8) is 0 Å². The van der Waals surface area contributed by atoms with E-state index < -0.39 is 0 Å². The van der Waals surface area contributed by atoms with Crippen LogP contribution in [0.5, 0.6) is 0 Å². The van der Waals surface area contributed by atoms with Gasteiger partial charge in [0.05, 0.1) is 22.1 Å². The van der Waals surface area contributed by atoms with Crippen LogP contribution in [0.2, 0.25) is 0 Å². The summed E-state index contributed by atoms with van der Waals surface area (Å²) in [7, 11) is 0. The Kier molecular flexibility index (Phi) is 6.53. The molecule has 0 aliphatic heterocycles. The van der Waals surface area contributed by atoms with Crippen LogP contribution in [0.3, 0.4) is 0 Å². The number of para-hydroxylation sites is 2. The molecular weight excluding hydrogens is 605 g/mol. The molecule has 234 valence electrons. The van der Waals surface area contributed by atoms with E-state index in [1.807, 2.05) is 0 Å². The van der Waals surface area contributed by atoms with Crippen molar-refractivity contribution in [2.45, 2.75) is 0 Å². The Labute approximate surface area is 290 Å². The smallest absolute Gasteiger partial charge is 0.0547 e. The second-order valence-electron chi connectivity index (χ2n) is 13.0. The van der Waals surface area contributed by atoms with Gasteiger partial charge in [0.25, 0.3) is 0 Å². The summed E-state index contributed by atoms with van der Waals surface area (Å²) in [6.07, 6.45) is 0. The predicted molar refractivity (Wildman–Crippen MR) is 211 cm³/mol. The van der Waals surface area contributed by atoms with E-state index in [9.17, 15) is 0 Å². The Balaban J connectivity index is 1.15. The maximum Gasteiger partial charge on any atom is 0.0547 e. The van der Waals surface area contributed by atoms with Crippen LogP contribution in [-0.2, 0) is 0 Å². The first-order chi connectivity index (χ1) is 24.8. The average molecular weight is 637 g/mol. The number of rotatable bonds is 5. The van der Waals surface area contributed by atoms with Crippen molar-refractivity contribution >= 4 is 43.6 Å². The van der Waals surface area contributed by atoms with Crippen LogP contribution in [-0.4, -0.2) is 9.13 Å². The van der Waals surface area contributed by atoms with Crippen molar-refractivity contribution in [1.29, 1.82) is 0 Å². The SMILES string of the molecule is c1ccc(-c2ccc(-n3c4ccccc4c4cc(-c5cccc6c5c5ccccc5n6-c5cccc(-c6ccccc6)c5)ccc43)cc2)cc1. The van der Waals surface area contributed by atoms with Gasteiger partial charge in [0.2, 0.25) is 0 Å². The van der Waals surface area contributed by atoms with Crippen LogP contribution in [0.15, 0.2) is 194 Å². The Morgan fingerprint density at radius 1 is 0.260 bits per heavy atom. The van der Waals surface area contributed by atoms with E-state index >= 15 is 0 Å². The zero-order valence-electron chi connectivity index (χ0n) is 27.4. The lowest BCUT2D eigenvalue weighted by Crippen LogP contribution is -1.94. The van der Waals surface area contributed by atoms with Crippen molar-refractivity contribution in [3.05, 3.63) is 194 Å². The van der Waals surface area contributed by atoms with Gasteiger partial charge < -0.3 is 9.13 Å². The minimum absolute atomic E-state index is 1.16. The summed E-state index contributed by atoms with van der Waals surface area (Å²) >= 11 is 0. The van der Waals surface area contributed by atoms with Gasteiger partial charge in [0.1, 0.15) is 0 Å². The zero-order chi connectivity index (χ0) is 33.0. The first kappa shape index (κ1) is 28.4. The summed E-state index contributed by atoms with van der Waals surface area (Å²) in [5, 5.41) is 5.03. The molecule has 10 rings (SSSR count). The number of fused-ring (bicyclic) bond motifs is 6. The maximum absolute atomic E-state index is 2.42. The molecule has 0 fully saturated rings. The van der Waals surface area contributed by atoms with Gasteiger partial charge >= 0.3 is 0 Å². The molecule has 2 heterocycles. The second kappa shape index (κ2) is 11.5. The summed E-state index contributed by atoms with van der Waals surface area (Å²) in [6.45, 7) is 0. The van der Waals surface area contributed by atoms with Gasteiger partial charge in [-0.15, -0.1) is 0 Å². The molecule has 2 aromatic heterocycles. The molecule has 0 aliphatic carbocycles. The van der Waals surface area contributed by atoms with Crippen molar-refractivity contribution in [2.75, 3.05) is 0 Å². The minimum atomic E-state index is 1.16. The molecule has 0 saturated carbocycles. The molecule has 50 heavy (non-hydrogen) atoms. The van der Waals surface area contributed by atoms with E-state index in [2.05, 4.69) is 203 Å². The number of aromatic nitrogens is 2. The molecule has 2 heteroatoms. The zero-order valence-corrected chi connectivity index (χ0v) is 27.4.